The fraction of sp³-hybridized carbons (Fsp3) is 0.739. The maximum Gasteiger partial charge on any atom is 0.417 e. The molecule has 1 aromatic rings. The zero-order valence-electron chi connectivity index (χ0n) is 18.5. The first-order valence-corrected chi connectivity index (χ1v) is 11.6. The molecule has 1 aliphatic carbocycles. The van der Waals surface area contributed by atoms with Crippen molar-refractivity contribution in [1.29, 1.82) is 0 Å². The standard InChI is InChI=1S/C23H32F3N3O3/c1-2-20(30)22(7-3-18(12-22)28-17-5-9-32-10-6-17)21(31)29-8-4-19-15(14-29)11-16(13-27-19)23(24,25)26/h11,13,17-18,20,28,30H,2-10,12,14H2,1H3/t18-,20?,22+/m1/s1. The number of aliphatic hydroxyl groups excluding tert-OH is 1. The maximum atomic E-state index is 13.7. The third-order valence-electron chi connectivity index (χ3n) is 7.35. The molecule has 1 aromatic heterocycles. The van der Waals surface area contributed by atoms with Crippen LogP contribution >= 0.6 is 0 Å². The van der Waals surface area contributed by atoms with Crippen molar-refractivity contribution < 1.29 is 27.8 Å². The Kier molecular flexibility index (Phi) is 6.79. The van der Waals surface area contributed by atoms with E-state index in [1.165, 1.54) is 0 Å². The summed E-state index contributed by atoms with van der Waals surface area (Å²) in [4.78, 5) is 19.3. The van der Waals surface area contributed by atoms with Gasteiger partial charge in [0, 0.05) is 56.7 Å². The van der Waals surface area contributed by atoms with Crippen molar-refractivity contribution in [2.75, 3.05) is 19.8 Å². The number of hydrogen-bond acceptors (Lipinski definition) is 5. The summed E-state index contributed by atoms with van der Waals surface area (Å²) in [5.74, 6) is -0.147. The average Bonchev–Trinajstić information content (AvgIpc) is 3.22. The molecular formula is C23H32F3N3O3. The van der Waals surface area contributed by atoms with E-state index < -0.39 is 23.3 Å². The molecule has 2 N–H and O–H groups in total. The molecule has 3 atom stereocenters. The summed E-state index contributed by atoms with van der Waals surface area (Å²) in [7, 11) is 0. The van der Waals surface area contributed by atoms with Crippen LogP contribution in [0.3, 0.4) is 0 Å². The minimum atomic E-state index is -4.47. The normalized spacial score (nSPS) is 27.9. The van der Waals surface area contributed by atoms with E-state index in [0.717, 1.165) is 44.7 Å². The highest BCUT2D eigenvalue weighted by atomic mass is 19.4. The second-order valence-electron chi connectivity index (χ2n) is 9.38. The number of fused-ring (bicyclic) bond motifs is 1. The first-order valence-electron chi connectivity index (χ1n) is 11.6. The van der Waals surface area contributed by atoms with Gasteiger partial charge in [-0.25, -0.2) is 0 Å². The van der Waals surface area contributed by atoms with E-state index in [1.807, 2.05) is 6.92 Å². The number of nitrogens with zero attached hydrogens (tertiary/aromatic N) is 2. The second-order valence-corrected chi connectivity index (χ2v) is 9.38. The summed E-state index contributed by atoms with van der Waals surface area (Å²) < 4.78 is 44.8. The van der Waals surface area contributed by atoms with Gasteiger partial charge in [-0.15, -0.1) is 0 Å². The van der Waals surface area contributed by atoms with Gasteiger partial charge in [0.05, 0.1) is 17.1 Å². The van der Waals surface area contributed by atoms with E-state index in [-0.39, 0.29) is 18.5 Å². The van der Waals surface area contributed by atoms with Gasteiger partial charge in [0.15, 0.2) is 0 Å². The topological polar surface area (TPSA) is 74.7 Å². The molecule has 32 heavy (non-hydrogen) atoms. The Hall–Kier alpha value is -1.71. The largest absolute Gasteiger partial charge is 0.417 e. The monoisotopic (exact) mass is 455 g/mol. The molecular weight excluding hydrogens is 423 g/mol. The molecule has 1 saturated heterocycles. The minimum Gasteiger partial charge on any atom is -0.392 e. The number of amides is 1. The number of alkyl halides is 3. The molecule has 4 rings (SSSR count). The quantitative estimate of drug-likeness (QED) is 0.714. The lowest BCUT2D eigenvalue weighted by atomic mass is 9.77. The molecule has 0 radical (unpaired) electrons. The van der Waals surface area contributed by atoms with Gasteiger partial charge < -0.3 is 20.1 Å². The Balaban J connectivity index is 1.50. The van der Waals surface area contributed by atoms with Crippen LogP contribution in [-0.4, -0.2) is 58.8 Å². The molecule has 3 heterocycles. The number of rotatable bonds is 5. The highest BCUT2D eigenvalue weighted by Gasteiger charge is 2.52. The van der Waals surface area contributed by atoms with Crippen LogP contribution in [0.5, 0.6) is 0 Å². The number of carbonyl (C=O) groups excluding carboxylic acids is 1. The molecule has 6 nitrogen and oxygen atoms in total. The Bertz CT molecular complexity index is 828. The molecule has 0 spiro atoms. The van der Waals surface area contributed by atoms with E-state index in [4.69, 9.17) is 4.74 Å². The third kappa shape index (κ3) is 4.65. The lowest BCUT2D eigenvalue weighted by Gasteiger charge is -2.39. The van der Waals surface area contributed by atoms with Gasteiger partial charge in [0.1, 0.15) is 0 Å². The van der Waals surface area contributed by atoms with Gasteiger partial charge in [0.25, 0.3) is 0 Å². The van der Waals surface area contributed by atoms with Crippen LogP contribution < -0.4 is 5.32 Å². The average molecular weight is 456 g/mol. The Morgan fingerprint density at radius 2 is 2.09 bits per heavy atom. The fourth-order valence-corrected chi connectivity index (χ4v) is 5.52. The third-order valence-corrected chi connectivity index (χ3v) is 7.35. The first kappa shape index (κ1) is 23.4. The Labute approximate surface area is 186 Å². The van der Waals surface area contributed by atoms with Crippen molar-refractivity contribution in [2.45, 2.75) is 82.8 Å². The van der Waals surface area contributed by atoms with Crippen LogP contribution in [0, 0.1) is 5.41 Å². The SMILES string of the molecule is CCC(O)[C@]1(C(=O)N2CCc3ncc(C(F)(F)F)cc3C2)CC[C@@H](NC2CCOCC2)C1. The molecule has 0 aromatic carbocycles. The van der Waals surface area contributed by atoms with Gasteiger partial charge in [-0.1, -0.05) is 6.92 Å². The fourth-order valence-electron chi connectivity index (χ4n) is 5.52. The number of carbonyl (C=O) groups is 1. The van der Waals surface area contributed by atoms with Gasteiger partial charge in [-0.2, -0.15) is 13.2 Å². The van der Waals surface area contributed by atoms with E-state index in [9.17, 15) is 23.1 Å². The molecule has 9 heteroatoms. The first-order chi connectivity index (χ1) is 15.2. The van der Waals surface area contributed by atoms with Crippen LogP contribution in [0.2, 0.25) is 0 Å². The number of aromatic nitrogens is 1. The molecule has 3 aliphatic rings. The van der Waals surface area contributed by atoms with Crippen LogP contribution in [-0.2, 0) is 28.7 Å². The summed E-state index contributed by atoms with van der Waals surface area (Å²) in [5, 5.41) is 14.6. The zero-order valence-corrected chi connectivity index (χ0v) is 18.5. The minimum absolute atomic E-state index is 0.0985. The highest BCUT2D eigenvalue weighted by Crippen LogP contribution is 2.45. The number of aliphatic hydroxyl groups is 1. The summed E-state index contributed by atoms with van der Waals surface area (Å²) >= 11 is 0. The summed E-state index contributed by atoms with van der Waals surface area (Å²) in [6.45, 7) is 3.83. The number of nitrogens with one attached hydrogen (secondary N) is 1. The molecule has 2 fully saturated rings. The second kappa shape index (κ2) is 9.27. The molecule has 178 valence electrons. The smallest absolute Gasteiger partial charge is 0.392 e. The van der Waals surface area contributed by atoms with Crippen LogP contribution in [0.1, 0.15) is 62.3 Å². The van der Waals surface area contributed by atoms with Crippen LogP contribution in [0.4, 0.5) is 13.2 Å². The van der Waals surface area contributed by atoms with Crippen molar-refractivity contribution in [1.82, 2.24) is 15.2 Å². The number of hydrogen-bond donors (Lipinski definition) is 2. The predicted molar refractivity (Wildman–Crippen MR) is 112 cm³/mol. The van der Waals surface area contributed by atoms with Gasteiger partial charge >= 0.3 is 6.18 Å². The summed E-state index contributed by atoms with van der Waals surface area (Å²) in [6, 6.07) is 1.60. The Morgan fingerprint density at radius 1 is 1.34 bits per heavy atom. The van der Waals surface area contributed by atoms with Gasteiger partial charge in [-0.05, 0) is 50.2 Å². The van der Waals surface area contributed by atoms with Crippen molar-refractivity contribution in [3.05, 3.63) is 29.1 Å². The zero-order chi connectivity index (χ0) is 22.9. The lowest BCUT2D eigenvalue weighted by molar-refractivity contribution is -0.150. The van der Waals surface area contributed by atoms with Gasteiger partial charge in [0.2, 0.25) is 5.91 Å². The van der Waals surface area contributed by atoms with Crippen molar-refractivity contribution >= 4 is 5.91 Å². The lowest BCUT2D eigenvalue weighted by Crippen LogP contribution is -2.51. The summed E-state index contributed by atoms with van der Waals surface area (Å²) in [5.41, 5.74) is -0.645. The van der Waals surface area contributed by atoms with Crippen molar-refractivity contribution in [2.24, 2.45) is 5.41 Å². The molecule has 1 amide bonds. The highest BCUT2D eigenvalue weighted by molar-refractivity contribution is 5.84. The molecule has 2 aliphatic heterocycles. The summed E-state index contributed by atoms with van der Waals surface area (Å²) in [6.07, 6.45) is 0.276. The van der Waals surface area contributed by atoms with E-state index in [0.29, 0.717) is 49.5 Å². The number of halogens is 3. The number of ether oxygens (including phenoxy) is 1. The van der Waals surface area contributed by atoms with E-state index in [1.54, 1.807) is 4.90 Å². The van der Waals surface area contributed by atoms with Crippen LogP contribution in [0.25, 0.3) is 0 Å². The van der Waals surface area contributed by atoms with Crippen molar-refractivity contribution in [3.63, 3.8) is 0 Å². The Morgan fingerprint density at radius 3 is 2.78 bits per heavy atom. The van der Waals surface area contributed by atoms with Crippen molar-refractivity contribution in [3.8, 4) is 0 Å². The number of pyridine rings is 1. The predicted octanol–water partition coefficient (Wildman–Crippen LogP) is 3.06. The van der Waals surface area contributed by atoms with Gasteiger partial charge in [-0.3, -0.25) is 9.78 Å². The molecule has 0 bridgehead atoms. The molecule has 1 saturated carbocycles. The van der Waals surface area contributed by atoms with E-state index in [2.05, 4.69) is 10.3 Å². The van der Waals surface area contributed by atoms with Crippen LogP contribution in [0.15, 0.2) is 12.3 Å². The molecule has 1 unspecified atom stereocenters. The van der Waals surface area contributed by atoms with E-state index >= 15 is 0 Å². The maximum absolute atomic E-state index is 13.7.